The van der Waals surface area contributed by atoms with Crippen molar-refractivity contribution < 1.29 is 9.59 Å². The van der Waals surface area contributed by atoms with Gasteiger partial charge in [0.2, 0.25) is 5.91 Å². The van der Waals surface area contributed by atoms with Gasteiger partial charge in [-0.3, -0.25) is 9.59 Å². The summed E-state index contributed by atoms with van der Waals surface area (Å²) in [5.41, 5.74) is 2.46. The van der Waals surface area contributed by atoms with Crippen LogP contribution >= 0.6 is 0 Å². The van der Waals surface area contributed by atoms with Crippen LogP contribution in [-0.4, -0.2) is 23.3 Å². The lowest BCUT2D eigenvalue weighted by atomic mass is 10.0. The van der Waals surface area contributed by atoms with Crippen molar-refractivity contribution in [3.05, 3.63) is 83.4 Å². The molecule has 0 saturated carbocycles. The number of carbonyl (C=O) groups excluding carboxylic acids is 2. The fourth-order valence-electron chi connectivity index (χ4n) is 3.91. The molecule has 4 nitrogen and oxygen atoms in total. The summed E-state index contributed by atoms with van der Waals surface area (Å²) in [4.78, 5) is 27.8. The average molecular weight is 372 g/mol. The van der Waals surface area contributed by atoms with E-state index in [1.807, 2.05) is 48.5 Å². The molecule has 0 aromatic heterocycles. The van der Waals surface area contributed by atoms with E-state index in [2.05, 4.69) is 30.4 Å². The van der Waals surface area contributed by atoms with Gasteiger partial charge >= 0.3 is 0 Å². The van der Waals surface area contributed by atoms with Crippen molar-refractivity contribution in [3.8, 4) is 0 Å². The number of nitrogens with zero attached hydrogens (tertiary/aromatic N) is 1. The fraction of sp³-hybridized carbons (Fsp3) is 0.250. The minimum Gasteiger partial charge on any atom is -0.354 e. The fourth-order valence-corrected chi connectivity index (χ4v) is 3.91. The topological polar surface area (TPSA) is 49.4 Å². The van der Waals surface area contributed by atoms with Crippen molar-refractivity contribution in [2.75, 3.05) is 6.54 Å². The molecule has 1 atom stereocenters. The van der Waals surface area contributed by atoms with E-state index in [4.69, 9.17) is 0 Å². The minimum absolute atomic E-state index is 0.0841. The van der Waals surface area contributed by atoms with Crippen LogP contribution in [0.2, 0.25) is 0 Å². The number of carbonyl (C=O) groups is 2. The van der Waals surface area contributed by atoms with Gasteiger partial charge in [-0.25, -0.2) is 0 Å². The van der Waals surface area contributed by atoms with Crippen molar-refractivity contribution in [1.82, 2.24) is 10.2 Å². The van der Waals surface area contributed by atoms with Crippen molar-refractivity contribution in [1.29, 1.82) is 0 Å². The first-order valence-corrected chi connectivity index (χ1v) is 9.85. The molecular formula is C24H24N2O2. The third-order valence-corrected chi connectivity index (χ3v) is 5.36. The monoisotopic (exact) mass is 372 g/mol. The van der Waals surface area contributed by atoms with Crippen LogP contribution in [0.25, 0.3) is 10.8 Å². The van der Waals surface area contributed by atoms with Crippen LogP contribution in [-0.2, 0) is 11.3 Å². The molecule has 142 valence electrons. The Kier molecular flexibility index (Phi) is 5.11. The largest absolute Gasteiger partial charge is 0.354 e. The summed E-state index contributed by atoms with van der Waals surface area (Å²) in [5.74, 6) is -0.189. The highest BCUT2D eigenvalue weighted by Gasteiger charge is 2.40. The van der Waals surface area contributed by atoms with Crippen LogP contribution < -0.4 is 5.32 Å². The summed E-state index contributed by atoms with van der Waals surface area (Å²) in [7, 11) is 0. The lowest BCUT2D eigenvalue weighted by molar-refractivity contribution is -0.125. The minimum atomic E-state index is -0.584. The Morgan fingerprint density at radius 3 is 2.61 bits per heavy atom. The second kappa shape index (κ2) is 7.85. The van der Waals surface area contributed by atoms with Gasteiger partial charge in [-0.1, -0.05) is 74.0 Å². The molecule has 1 N–H and O–H groups in total. The third kappa shape index (κ3) is 3.26. The van der Waals surface area contributed by atoms with Gasteiger partial charge < -0.3 is 10.2 Å². The highest BCUT2D eigenvalue weighted by atomic mass is 16.2. The predicted molar refractivity (Wildman–Crippen MR) is 111 cm³/mol. The summed E-state index contributed by atoms with van der Waals surface area (Å²) < 4.78 is 0. The van der Waals surface area contributed by atoms with Crippen molar-refractivity contribution in [3.63, 3.8) is 0 Å². The van der Waals surface area contributed by atoms with E-state index in [1.165, 1.54) is 0 Å². The average Bonchev–Trinajstić information content (AvgIpc) is 3.00. The van der Waals surface area contributed by atoms with Gasteiger partial charge in [0.25, 0.3) is 5.91 Å². The summed E-state index contributed by atoms with van der Waals surface area (Å²) in [6.07, 6.45) is 1.94. The Bertz CT molecular complexity index is 1020. The molecule has 1 aliphatic heterocycles. The number of hydrogen-bond donors (Lipinski definition) is 1. The number of fused-ring (bicyclic) bond motifs is 2. The van der Waals surface area contributed by atoms with Crippen LogP contribution in [0, 0.1) is 0 Å². The Hall–Kier alpha value is -3.14. The van der Waals surface area contributed by atoms with Gasteiger partial charge in [0.1, 0.15) is 6.04 Å². The molecule has 3 aromatic rings. The van der Waals surface area contributed by atoms with E-state index in [0.717, 1.165) is 34.7 Å². The van der Waals surface area contributed by atoms with E-state index in [1.54, 1.807) is 4.90 Å². The van der Waals surface area contributed by atoms with Gasteiger partial charge in [-0.15, -0.1) is 0 Å². The van der Waals surface area contributed by atoms with E-state index in [0.29, 0.717) is 18.7 Å². The van der Waals surface area contributed by atoms with Crippen LogP contribution in [0.5, 0.6) is 0 Å². The van der Waals surface area contributed by atoms with Crippen molar-refractivity contribution >= 4 is 22.6 Å². The zero-order valence-electron chi connectivity index (χ0n) is 16.0. The van der Waals surface area contributed by atoms with Crippen LogP contribution in [0.15, 0.2) is 66.7 Å². The summed E-state index contributed by atoms with van der Waals surface area (Å²) in [6, 6.07) is 21.1. The first-order chi connectivity index (χ1) is 13.7. The first kappa shape index (κ1) is 18.2. The lowest BCUT2D eigenvalue weighted by Gasteiger charge is -2.25. The SMILES string of the molecule is CCCCNC(=O)C1c2ccccc2C(=O)N1Cc1cccc2ccccc12. The number of amides is 2. The molecule has 0 bridgehead atoms. The van der Waals surface area contributed by atoms with E-state index in [-0.39, 0.29) is 11.8 Å². The molecule has 28 heavy (non-hydrogen) atoms. The van der Waals surface area contributed by atoms with Crippen LogP contribution in [0.1, 0.15) is 47.3 Å². The molecule has 1 aliphatic rings. The van der Waals surface area contributed by atoms with E-state index < -0.39 is 6.04 Å². The first-order valence-electron chi connectivity index (χ1n) is 9.85. The molecular weight excluding hydrogens is 348 g/mol. The number of hydrogen-bond acceptors (Lipinski definition) is 2. The van der Waals surface area contributed by atoms with Gasteiger partial charge in [0.05, 0.1) is 0 Å². The molecule has 0 saturated heterocycles. The molecule has 4 rings (SSSR count). The molecule has 0 spiro atoms. The van der Waals surface area contributed by atoms with Crippen molar-refractivity contribution in [2.45, 2.75) is 32.4 Å². The Labute approximate surface area is 165 Å². The van der Waals surface area contributed by atoms with Crippen molar-refractivity contribution in [2.24, 2.45) is 0 Å². The Morgan fingerprint density at radius 1 is 1.00 bits per heavy atom. The normalized spacial score (nSPS) is 15.7. The highest BCUT2D eigenvalue weighted by Crippen LogP contribution is 2.35. The number of unbranched alkanes of at least 4 members (excludes halogenated alkanes) is 1. The maximum Gasteiger partial charge on any atom is 0.255 e. The second-order valence-electron chi connectivity index (χ2n) is 7.21. The maximum atomic E-state index is 13.1. The van der Waals surface area contributed by atoms with E-state index in [9.17, 15) is 9.59 Å². The van der Waals surface area contributed by atoms with E-state index >= 15 is 0 Å². The standard InChI is InChI=1S/C24H24N2O2/c1-2-3-15-25-23(27)22-20-13-6-7-14-21(20)24(28)26(22)16-18-11-8-10-17-9-4-5-12-19(17)18/h4-14,22H,2-3,15-16H2,1H3,(H,25,27). The smallest absolute Gasteiger partial charge is 0.255 e. The summed E-state index contributed by atoms with van der Waals surface area (Å²) in [6.45, 7) is 3.12. The summed E-state index contributed by atoms with van der Waals surface area (Å²) >= 11 is 0. The molecule has 0 aliphatic carbocycles. The van der Waals surface area contributed by atoms with Gasteiger partial charge in [-0.05, 0) is 34.4 Å². The Morgan fingerprint density at radius 2 is 1.75 bits per heavy atom. The molecule has 0 fully saturated rings. The molecule has 3 aromatic carbocycles. The molecule has 1 heterocycles. The van der Waals surface area contributed by atoms with Gasteiger partial charge in [0.15, 0.2) is 0 Å². The number of rotatable bonds is 6. The molecule has 4 heteroatoms. The van der Waals surface area contributed by atoms with Crippen LogP contribution in [0.4, 0.5) is 0 Å². The summed E-state index contributed by atoms with van der Waals surface area (Å²) in [5, 5.41) is 5.25. The molecule has 0 radical (unpaired) electrons. The zero-order valence-corrected chi connectivity index (χ0v) is 16.0. The maximum absolute atomic E-state index is 13.1. The number of nitrogens with one attached hydrogen (secondary N) is 1. The zero-order chi connectivity index (χ0) is 19.5. The predicted octanol–water partition coefficient (Wildman–Crippen LogP) is 4.45. The van der Waals surface area contributed by atoms with Crippen LogP contribution in [0.3, 0.4) is 0 Å². The second-order valence-corrected chi connectivity index (χ2v) is 7.21. The van der Waals surface area contributed by atoms with Gasteiger partial charge in [0, 0.05) is 18.7 Å². The molecule has 2 amide bonds. The Balaban J connectivity index is 1.69. The highest BCUT2D eigenvalue weighted by molar-refractivity contribution is 6.04. The number of benzene rings is 3. The third-order valence-electron chi connectivity index (χ3n) is 5.36. The molecule has 1 unspecified atom stereocenters. The lowest BCUT2D eigenvalue weighted by Crippen LogP contribution is -2.39. The quantitative estimate of drug-likeness (QED) is 0.650. The van der Waals surface area contributed by atoms with Gasteiger partial charge in [-0.2, -0.15) is 0 Å².